The van der Waals surface area contributed by atoms with E-state index < -0.39 is 28.1 Å². The molecule has 622 valence electrons. The molecular formula is C100H132N2O4S8Si2. The summed E-state index contributed by atoms with van der Waals surface area (Å²) >= 11 is 14.9. The van der Waals surface area contributed by atoms with Crippen molar-refractivity contribution in [3.05, 3.63) is 115 Å². The molecule has 0 unspecified atom stereocenters. The number of unbranched alkanes of at least 4 members (excludes halogenated alkanes) is 18. The molecule has 8 heterocycles. The zero-order valence-corrected chi connectivity index (χ0v) is 81.9. The maximum atomic E-state index is 13.4. The molecule has 0 aliphatic carbocycles. The molecule has 116 heavy (non-hydrogen) atoms. The lowest BCUT2D eigenvalue weighted by atomic mass is 10.0. The quantitative estimate of drug-likeness (QED) is 0.00941. The third-order valence-corrected chi connectivity index (χ3v) is 46.6. The average Bonchev–Trinajstić information content (AvgIpc) is 1.56. The minimum absolute atomic E-state index is 0.0660. The fraction of sp³-hybridized carbons (Fsp3) is 0.540. The molecule has 0 atom stereocenters. The van der Waals surface area contributed by atoms with Crippen molar-refractivity contribution in [2.75, 3.05) is 13.2 Å². The van der Waals surface area contributed by atoms with E-state index in [1.807, 2.05) is 68.0 Å². The Balaban J connectivity index is 1.24. The molecule has 0 radical (unpaired) electrons. The minimum atomic E-state index is -2.27. The Morgan fingerprint density at radius 2 is 0.629 bits per heavy atom. The van der Waals surface area contributed by atoms with Gasteiger partial charge in [0.2, 0.25) is 0 Å². The summed E-state index contributed by atoms with van der Waals surface area (Å²) in [6.07, 6.45) is 33.9. The predicted molar refractivity (Wildman–Crippen MR) is 522 cm³/mol. The Kier molecular flexibility index (Phi) is 37.6. The fourth-order valence-electron chi connectivity index (χ4n) is 17.4. The van der Waals surface area contributed by atoms with Gasteiger partial charge in [0.25, 0.3) is 0 Å². The SMILES string of the molecule is CCCCCCOC(=O)/C(C#N)=C/c1sc(-c2ccc(-c3cc(CCCCCC)c(-c4cc5c(C#C[Si](C(C)C)(C(C)C)C(C)C)c6sc(-c7sc(-c8ccc(-c9cc(CCCCCC)c(/C=C(\C#N)C(=O)OCCCCCC)s9)s8)cc7CCCCCC)cc6c(C#C[Si](C(C)C)(C(C)C)C(C)C)c5s4)s3)s2)cc1CCCCCC. The van der Waals surface area contributed by atoms with Crippen LogP contribution < -0.4 is 0 Å². The standard InChI is InChI=1S/C100H132N2O4S8Si2/c1-19-25-31-37-43-73-57-89(109-87(73)61-77(65-101)99(103)105-53-41-35-29-23-5)83-47-49-85(107-83)91-59-75(45-39-33-27-21-3)95(111-91)93-63-81-79(51-55-115(67(7)8,68(9)10)69(11)12)98-82(80(97(81)113-93)52-56-116(70(13)14,71(15)16)72(17)18)64-94(114-98)96-76(46-40-34-28-22-4)60-92(112-96)86-50-48-84(108-86)90-58-74(44-38-32-26-20-2)88(110-90)62-78(66-102)100(104)106-54-42-36-30-24-6/h47-50,57-64,67-72H,19-46,53-54H2,1-18H3/b77-61+,78-62+. The number of hydrogen-bond donors (Lipinski definition) is 0. The maximum absolute atomic E-state index is 13.4. The normalized spacial score (nSPS) is 12.4. The van der Waals surface area contributed by atoms with Gasteiger partial charge in [0.15, 0.2) is 0 Å². The van der Waals surface area contributed by atoms with E-state index in [2.05, 4.69) is 220 Å². The number of esters is 2. The number of thiophene rings is 8. The molecule has 0 aliphatic rings. The molecule has 0 fully saturated rings. The minimum Gasteiger partial charge on any atom is -0.462 e. The topological polar surface area (TPSA) is 100 Å². The highest BCUT2D eigenvalue weighted by Gasteiger charge is 2.43. The molecule has 0 N–H and O–H groups in total. The van der Waals surface area contributed by atoms with Crippen LogP contribution in [-0.2, 0) is 44.7 Å². The van der Waals surface area contributed by atoms with Gasteiger partial charge in [-0.3, -0.25) is 0 Å². The van der Waals surface area contributed by atoms with Gasteiger partial charge < -0.3 is 9.47 Å². The lowest BCUT2D eigenvalue weighted by Crippen LogP contribution is -2.43. The highest BCUT2D eigenvalue weighted by atomic mass is 32.1. The molecule has 0 saturated heterocycles. The monoisotopic (exact) mass is 1740 g/mol. The van der Waals surface area contributed by atoms with Crippen molar-refractivity contribution in [2.24, 2.45) is 0 Å². The number of fused-ring (bicyclic) bond motifs is 2. The summed E-state index contributed by atoms with van der Waals surface area (Å²) in [7, 11) is -4.54. The van der Waals surface area contributed by atoms with Gasteiger partial charge in [-0.1, -0.05) is 252 Å². The van der Waals surface area contributed by atoms with Crippen molar-refractivity contribution in [3.63, 3.8) is 0 Å². The summed E-state index contributed by atoms with van der Waals surface area (Å²) in [5, 5.41) is 23.2. The highest BCUT2D eigenvalue weighted by molar-refractivity contribution is 7.31. The third kappa shape index (κ3) is 23.5. The van der Waals surface area contributed by atoms with Gasteiger partial charge in [0.05, 0.1) is 33.7 Å². The molecule has 9 aromatic rings. The van der Waals surface area contributed by atoms with Crippen LogP contribution in [0.15, 0.2) is 71.8 Å². The lowest BCUT2D eigenvalue weighted by molar-refractivity contribution is -0.139. The molecule has 9 rings (SSSR count). The van der Waals surface area contributed by atoms with Crippen molar-refractivity contribution in [2.45, 2.75) is 338 Å². The van der Waals surface area contributed by atoms with E-state index >= 15 is 0 Å². The Bertz CT molecular complexity index is 4570. The van der Waals surface area contributed by atoms with Crippen LogP contribution in [0, 0.1) is 45.6 Å². The number of carbonyl (C=O) groups is 2. The first-order valence-corrected chi connectivity index (χ1v) is 55.4. The van der Waals surface area contributed by atoms with Crippen molar-refractivity contribution in [1.82, 2.24) is 0 Å². The van der Waals surface area contributed by atoms with Crippen LogP contribution in [0.3, 0.4) is 0 Å². The van der Waals surface area contributed by atoms with Gasteiger partial charge in [-0.2, -0.15) is 10.5 Å². The van der Waals surface area contributed by atoms with Crippen molar-refractivity contribution in [1.29, 1.82) is 10.5 Å². The van der Waals surface area contributed by atoms with Crippen LogP contribution in [0.5, 0.6) is 0 Å². The number of aryl methyl sites for hydroxylation is 4. The summed E-state index contributed by atoms with van der Waals surface area (Å²) in [5.74, 6) is 7.44. The Hall–Kier alpha value is -5.71. The number of rotatable bonds is 46. The van der Waals surface area contributed by atoms with E-state index in [-0.39, 0.29) is 11.1 Å². The van der Waals surface area contributed by atoms with E-state index in [0.717, 1.165) is 148 Å². The molecule has 6 nitrogen and oxygen atoms in total. The molecule has 16 heteroatoms. The van der Waals surface area contributed by atoms with Gasteiger partial charge in [0, 0.05) is 79.1 Å². The summed E-state index contributed by atoms with van der Waals surface area (Å²) in [6.45, 7) is 43.4. The van der Waals surface area contributed by atoms with E-state index in [1.165, 1.54) is 154 Å². The molecule has 0 amide bonds. The maximum Gasteiger partial charge on any atom is 0.348 e. The molecule has 0 bridgehead atoms. The van der Waals surface area contributed by atoms with E-state index in [9.17, 15) is 20.1 Å². The fourth-order valence-corrected chi connectivity index (χ4v) is 37.5. The molecular weight excluding hydrogens is 1610 g/mol. The van der Waals surface area contributed by atoms with Gasteiger partial charge in [-0.05, 0) is 193 Å². The lowest BCUT2D eigenvalue weighted by Gasteiger charge is -2.38. The van der Waals surface area contributed by atoms with Gasteiger partial charge in [-0.15, -0.1) is 102 Å². The van der Waals surface area contributed by atoms with Gasteiger partial charge in [0.1, 0.15) is 39.4 Å². The van der Waals surface area contributed by atoms with Crippen LogP contribution >= 0.6 is 90.7 Å². The smallest absolute Gasteiger partial charge is 0.348 e. The van der Waals surface area contributed by atoms with Crippen LogP contribution in [0.25, 0.3) is 90.9 Å². The molecule has 8 aromatic heterocycles. The number of nitriles is 2. The molecule has 0 spiro atoms. The average molecular weight is 1740 g/mol. The second-order valence-corrected chi connectivity index (χ2v) is 53.7. The van der Waals surface area contributed by atoms with Crippen molar-refractivity contribution in [3.8, 4) is 93.6 Å². The summed E-state index contributed by atoms with van der Waals surface area (Å²) in [6, 6.07) is 28.5. The molecule has 0 aliphatic heterocycles. The highest BCUT2D eigenvalue weighted by Crippen LogP contribution is 2.54. The summed E-state index contributed by atoms with van der Waals surface area (Å²) in [4.78, 5) is 43.9. The summed E-state index contributed by atoms with van der Waals surface area (Å²) in [5.41, 5.74) is 19.1. The van der Waals surface area contributed by atoms with E-state index in [1.54, 1.807) is 34.8 Å². The third-order valence-electron chi connectivity index (χ3n) is 23.8. The molecule has 1 aromatic carbocycles. The van der Waals surface area contributed by atoms with Crippen LogP contribution in [0.2, 0.25) is 33.2 Å². The number of carbonyl (C=O) groups excluding carboxylic acids is 2. The van der Waals surface area contributed by atoms with Gasteiger partial charge in [-0.25, -0.2) is 9.59 Å². The van der Waals surface area contributed by atoms with Crippen LogP contribution in [0.1, 0.15) is 322 Å². The van der Waals surface area contributed by atoms with E-state index in [4.69, 9.17) is 9.47 Å². The Morgan fingerprint density at radius 3 is 0.922 bits per heavy atom. The first-order chi connectivity index (χ1) is 56.0. The van der Waals surface area contributed by atoms with Crippen LogP contribution in [0.4, 0.5) is 0 Å². The van der Waals surface area contributed by atoms with Gasteiger partial charge >= 0.3 is 11.9 Å². The van der Waals surface area contributed by atoms with Crippen molar-refractivity contribution < 1.29 is 19.1 Å². The first kappa shape index (κ1) is 94.1. The molecule has 0 saturated carbocycles. The number of ether oxygens (including phenoxy) is 2. The zero-order chi connectivity index (χ0) is 83.6. The van der Waals surface area contributed by atoms with Crippen LogP contribution in [-0.4, -0.2) is 41.3 Å². The Morgan fingerprint density at radius 1 is 0.345 bits per heavy atom. The number of benzene rings is 1. The second-order valence-electron chi connectivity index (χ2n) is 34.0. The predicted octanol–water partition coefficient (Wildman–Crippen LogP) is 34.2. The second kappa shape index (κ2) is 46.4. The van der Waals surface area contributed by atoms with Crippen molar-refractivity contribution >= 4 is 151 Å². The number of hydrogen-bond acceptors (Lipinski definition) is 14. The summed E-state index contributed by atoms with van der Waals surface area (Å²) < 4.78 is 13.9. The van der Waals surface area contributed by atoms with E-state index in [0.29, 0.717) is 46.5 Å². The Labute approximate surface area is 733 Å². The zero-order valence-electron chi connectivity index (χ0n) is 73.4. The number of nitrogens with zero attached hydrogens (tertiary/aromatic N) is 2. The first-order valence-electron chi connectivity index (χ1n) is 44.4. The largest absolute Gasteiger partial charge is 0.462 e.